The Bertz CT molecular complexity index is 382. The monoisotopic (exact) mass is 234 g/mol. The van der Waals surface area contributed by atoms with Crippen LogP contribution in [0.4, 0.5) is 0 Å². The third-order valence-electron chi connectivity index (χ3n) is 2.90. The highest BCUT2D eigenvalue weighted by Crippen LogP contribution is 2.30. The van der Waals surface area contributed by atoms with Crippen molar-refractivity contribution in [3.05, 3.63) is 35.9 Å². The summed E-state index contributed by atoms with van der Waals surface area (Å²) >= 11 is 0. The fraction of sp³-hybridized carbons (Fsp3) is 0.385. The van der Waals surface area contributed by atoms with E-state index in [0.29, 0.717) is 25.9 Å². The van der Waals surface area contributed by atoms with Crippen molar-refractivity contribution in [3.8, 4) is 0 Å². The van der Waals surface area contributed by atoms with Crippen LogP contribution in [0.15, 0.2) is 30.3 Å². The Morgan fingerprint density at radius 2 is 2.00 bits per heavy atom. The second kappa shape index (κ2) is 5.48. The van der Waals surface area contributed by atoms with Crippen LogP contribution in [-0.4, -0.2) is 18.5 Å². The molecule has 0 saturated heterocycles. The molecule has 17 heavy (non-hydrogen) atoms. The minimum absolute atomic E-state index is 0.109. The summed E-state index contributed by atoms with van der Waals surface area (Å²) in [5.74, 6) is -0.330. The van der Waals surface area contributed by atoms with Crippen LogP contribution >= 0.6 is 0 Å². The molecule has 1 aliphatic carbocycles. The van der Waals surface area contributed by atoms with Crippen LogP contribution in [0.5, 0.6) is 0 Å². The number of esters is 1. The van der Waals surface area contributed by atoms with Crippen molar-refractivity contribution in [1.82, 2.24) is 0 Å². The van der Waals surface area contributed by atoms with Crippen LogP contribution in [0.1, 0.15) is 18.4 Å². The average molecular weight is 234 g/mol. The number of carbonyl (C=O) groups is 2. The zero-order valence-corrected chi connectivity index (χ0v) is 9.37. The van der Waals surface area contributed by atoms with Gasteiger partial charge in [0.05, 0.1) is 5.92 Å². The molecule has 0 spiro atoms. The van der Waals surface area contributed by atoms with Crippen molar-refractivity contribution in [1.29, 1.82) is 0 Å². The summed E-state index contributed by atoms with van der Waals surface area (Å²) in [5, 5.41) is 0. The molecule has 0 aromatic heterocycles. The van der Waals surface area contributed by atoms with Gasteiger partial charge >= 0.3 is 5.97 Å². The lowest BCUT2D eigenvalue weighted by molar-refractivity contribution is -0.162. The Kier molecular flexibility index (Phi) is 3.75. The molecule has 1 aliphatic rings. The largest absolute Gasteiger partial charge is 0.465 e. The quantitative estimate of drug-likeness (QED) is 0.574. The topological polar surface area (TPSA) is 52.6 Å². The van der Waals surface area contributed by atoms with Gasteiger partial charge in [-0.1, -0.05) is 30.3 Å². The molecule has 4 nitrogen and oxygen atoms in total. The van der Waals surface area contributed by atoms with E-state index >= 15 is 0 Å². The van der Waals surface area contributed by atoms with Gasteiger partial charge in [-0.25, -0.2) is 0 Å². The normalized spacial score (nSPS) is 22.4. The van der Waals surface area contributed by atoms with Gasteiger partial charge in [-0.05, 0) is 18.4 Å². The first-order valence-electron chi connectivity index (χ1n) is 5.59. The smallest absolute Gasteiger partial charge is 0.309 e. The van der Waals surface area contributed by atoms with Gasteiger partial charge in [-0.2, -0.15) is 0 Å². The lowest BCUT2D eigenvalue weighted by Crippen LogP contribution is -2.37. The summed E-state index contributed by atoms with van der Waals surface area (Å²) in [4.78, 5) is 21.6. The third-order valence-corrected chi connectivity index (χ3v) is 2.90. The van der Waals surface area contributed by atoms with Gasteiger partial charge in [0, 0.05) is 0 Å². The van der Waals surface area contributed by atoms with E-state index < -0.39 is 0 Å². The molecule has 1 aromatic carbocycles. The number of rotatable bonds is 5. The number of ether oxygens (including phenoxy) is 2. The van der Waals surface area contributed by atoms with Gasteiger partial charge in [0.1, 0.15) is 12.7 Å². The first kappa shape index (κ1) is 11.6. The number of hydrogen-bond acceptors (Lipinski definition) is 4. The van der Waals surface area contributed by atoms with E-state index in [1.165, 1.54) is 0 Å². The fourth-order valence-corrected chi connectivity index (χ4v) is 1.79. The summed E-state index contributed by atoms with van der Waals surface area (Å²) in [6, 6.07) is 9.54. The second-order valence-electron chi connectivity index (χ2n) is 4.12. The molecule has 0 heterocycles. The summed E-state index contributed by atoms with van der Waals surface area (Å²) in [5.41, 5.74) is 0.973. The van der Waals surface area contributed by atoms with E-state index in [0.717, 1.165) is 5.56 Å². The van der Waals surface area contributed by atoms with E-state index in [2.05, 4.69) is 0 Å². The van der Waals surface area contributed by atoms with Crippen molar-refractivity contribution >= 4 is 12.4 Å². The predicted octanol–water partition coefficient (Wildman–Crippen LogP) is 1.68. The van der Waals surface area contributed by atoms with Crippen LogP contribution in [0.25, 0.3) is 0 Å². The molecule has 0 N–H and O–H groups in total. The molecule has 0 bridgehead atoms. The molecular formula is C13H14O4. The highest BCUT2D eigenvalue weighted by Gasteiger charge is 2.36. The highest BCUT2D eigenvalue weighted by molar-refractivity contribution is 5.73. The Labute approximate surface area is 99.5 Å². The van der Waals surface area contributed by atoms with Crippen molar-refractivity contribution in [3.63, 3.8) is 0 Å². The Morgan fingerprint density at radius 3 is 2.65 bits per heavy atom. The fourth-order valence-electron chi connectivity index (χ4n) is 1.79. The molecule has 4 heteroatoms. The molecule has 0 amide bonds. The summed E-state index contributed by atoms with van der Waals surface area (Å²) in [6.07, 6.45) is 1.04. The summed E-state index contributed by atoms with van der Waals surface area (Å²) < 4.78 is 9.91. The van der Waals surface area contributed by atoms with Gasteiger partial charge < -0.3 is 9.47 Å². The standard InChI is InChI=1S/C13H14O4/c14-9-17-12-6-11(7-12)13(15)16-8-10-4-2-1-3-5-10/h1-5,9,11-12H,6-8H2/t11-,12-. The zero-order chi connectivity index (χ0) is 12.1. The molecule has 2 rings (SSSR count). The summed E-state index contributed by atoms with van der Waals surface area (Å²) in [6.45, 7) is 0.728. The van der Waals surface area contributed by atoms with Crippen molar-refractivity contribution in [2.45, 2.75) is 25.6 Å². The van der Waals surface area contributed by atoms with E-state index in [-0.39, 0.29) is 18.0 Å². The van der Waals surface area contributed by atoms with Crippen LogP contribution in [0.2, 0.25) is 0 Å². The molecule has 0 aliphatic heterocycles. The van der Waals surface area contributed by atoms with Crippen LogP contribution in [-0.2, 0) is 25.7 Å². The number of carbonyl (C=O) groups excluding carboxylic acids is 2. The Balaban J connectivity index is 1.71. The molecular weight excluding hydrogens is 220 g/mol. The van der Waals surface area contributed by atoms with E-state index in [9.17, 15) is 9.59 Å². The van der Waals surface area contributed by atoms with Crippen molar-refractivity contribution < 1.29 is 19.1 Å². The van der Waals surface area contributed by atoms with Gasteiger partial charge in [0.15, 0.2) is 0 Å². The molecule has 1 saturated carbocycles. The van der Waals surface area contributed by atoms with E-state index in [1.807, 2.05) is 30.3 Å². The second-order valence-corrected chi connectivity index (χ2v) is 4.12. The molecule has 1 aromatic rings. The zero-order valence-electron chi connectivity index (χ0n) is 9.37. The lowest BCUT2D eigenvalue weighted by Gasteiger charge is -2.31. The maximum atomic E-state index is 11.6. The van der Waals surface area contributed by atoms with E-state index in [1.54, 1.807) is 0 Å². The molecule has 1 fully saturated rings. The van der Waals surface area contributed by atoms with Crippen LogP contribution < -0.4 is 0 Å². The van der Waals surface area contributed by atoms with Crippen LogP contribution in [0, 0.1) is 5.92 Å². The third kappa shape index (κ3) is 3.06. The minimum atomic E-state index is -0.209. The van der Waals surface area contributed by atoms with Gasteiger partial charge in [-0.15, -0.1) is 0 Å². The van der Waals surface area contributed by atoms with E-state index in [4.69, 9.17) is 9.47 Å². The SMILES string of the molecule is O=CO[C@H]1C[C@H](C(=O)OCc2ccccc2)C1. The van der Waals surface area contributed by atoms with Gasteiger partial charge in [-0.3, -0.25) is 9.59 Å². The van der Waals surface area contributed by atoms with Gasteiger partial charge in [0.2, 0.25) is 0 Å². The Hall–Kier alpha value is -1.84. The molecule has 0 atom stereocenters. The summed E-state index contributed by atoms with van der Waals surface area (Å²) in [7, 11) is 0. The minimum Gasteiger partial charge on any atom is -0.465 e. The Morgan fingerprint density at radius 1 is 1.29 bits per heavy atom. The predicted molar refractivity (Wildman–Crippen MR) is 59.9 cm³/mol. The van der Waals surface area contributed by atoms with Gasteiger partial charge in [0.25, 0.3) is 6.47 Å². The molecule has 0 unspecified atom stereocenters. The number of benzene rings is 1. The lowest BCUT2D eigenvalue weighted by atomic mass is 9.82. The first-order valence-corrected chi connectivity index (χ1v) is 5.59. The van der Waals surface area contributed by atoms with Crippen molar-refractivity contribution in [2.24, 2.45) is 5.92 Å². The first-order chi connectivity index (χ1) is 8.29. The number of hydrogen-bond donors (Lipinski definition) is 0. The molecule has 90 valence electrons. The highest BCUT2D eigenvalue weighted by atomic mass is 16.5. The molecule has 0 radical (unpaired) electrons. The maximum Gasteiger partial charge on any atom is 0.309 e. The maximum absolute atomic E-state index is 11.6. The van der Waals surface area contributed by atoms with Crippen molar-refractivity contribution in [2.75, 3.05) is 0 Å². The average Bonchev–Trinajstić information content (AvgIpc) is 2.31. The van der Waals surface area contributed by atoms with Crippen LogP contribution in [0.3, 0.4) is 0 Å².